The number of nitrogens with one attached hydrogen (secondary N) is 1. The topological polar surface area (TPSA) is 21.3 Å². The number of ether oxygens (including phenoxy) is 1. The Labute approximate surface area is 116 Å². The van der Waals surface area contributed by atoms with Crippen molar-refractivity contribution < 1.29 is 4.74 Å². The van der Waals surface area contributed by atoms with Gasteiger partial charge in [0, 0.05) is 17.6 Å². The van der Waals surface area contributed by atoms with Crippen LogP contribution in [0, 0.1) is 0 Å². The van der Waals surface area contributed by atoms with Crippen LogP contribution in [0.4, 0.5) is 0 Å². The molecule has 0 aliphatic carbocycles. The maximum absolute atomic E-state index is 5.62. The van der Waals surface area contributed by atoms with Gasteiger partial charge in [-0.2, -0.15) is 0 Å². The van der Waals surface area contributed by atoms with E-state index in [1.807, 2.05) is 30.3 Å². The molecule has 0 aliphatic rings. The third-order valence-corrected chi connectivity index (χ3v) is 3.06. The summed E-state index contributed by atoms with van der Waals surface area (Å²) in [6.07, 6.45) is 0. The largest absolute Gasteiger partial charge is 0.492 e. The van der Waals surface area contributed by atoms with Gasteiger partial charge in [0.2, 0.25) is 0 Å². The van der Waals surface area contributed by atoms with Crippen molar-refractivity contribution in [3.05, 3.63) is 64.6 Å². The number of rotatable bonds is 6. The van der Waals surface area contributed by atoms with Crippen LogP contribution < -0.4 is 10.1 Å². The van der Waals surface area contributed by atoms with Gasteiger partial charge in [-0.3, -0.25) is 0 Å². The molecule has 0 aliphatic heterocycles. The zero-order valence-corrected chi connectivity index (χ0v) is 11.7. The summed E-state index contributed by atoms with van der Waals surface area (Å²) in [6.45, 7) is 2.39. The highest BCUT2D eigenvalue weighted by molar-refractivity contribution is 9.10. The summed E-state index contributed by atoms with van der Waals surface area (Å²) in [4.78, 5) is 0. The molecule has 1 N–H and O–H groups in total. The van der Waals surface area contributed by atoms with E-state index in [9.17, 15) is 0 Å². The van der Waals surface area contributed by atoms with Crippen molar-refractivity contribution in [2.24, 2.45) is 0 Å². The third-order valence-electron chi connectivity index (χ3n) is 2.53. The standard InChI is InChI=1S/C15H16BrNO/c16-14-6-8-15(9-7-14)18-11-10-17-12-13-4-2-1-3-5-13/h1-9,17H,10-12H2. The minimum absolute atomic E-state index is 0.675. The van der Waals surface area contributed by atoms with Gasteiger partial charge >= 0.3 is 0 Å². The Kier molecular flexibility index (Phi) is 5.24. The first-order chi connectivity index (χ1) is 8.84. The first-order valence-corrected chi connectivity index (χ1v) is 6.77. The van der Waals surface area contributed by atoms with Crippen molar-refractivity contribution in [3.63, 3.8) is 0 Å². The minimum Gasteiger partial charge on any atom is -0.492 e. The lowest BCUT2D eigenvalue weighted by Gasteiger charge is -2.07. The van der Waals surface area contributed by atoms with Crippen LogP contribution in [0.5, 0.6) is 5.75 Å². The van der Waals surface area contributed by atoms with E-state index in [4.69, 9.17) is 4.74 Å². The summed E-state index contributed by atoms with van der Waals surface area (Å²) in [5, 5.41) is 3.35. The summed E-state index contributed by atoms with van der Waals surface area (Å²) in [5.74, 6) is 0.903. The molecule has 0 spiro atoms. The van der Waals surface area contributed by atoms with Crippen LogP contribution in [0.2, 0.25) is 0 Å². The predicted molar refractivity (Wildman–Crippen MR) is 77.8 cm³/mol. The first kappa shape index (κ1) is 13.1. The van der Waals surface area contributed by atoms with Gasteiger partial charge in [0.25, 0.3) is 0 Å². The Bertz CT molecular complexity index is 456. The number of halogens is 1. The van der Waals surface area contributed by atoms with Gasteiger partial charge in [-0.25, -0.2) is 0 Å². The van der Waals surface area contributed by atoms with Gasteiger partial charge in [0.1, 0.15) is 12.4 Å². The molecule has 2 nitrogen and oxygen atoms in total. The molecule has 0 fully saturated rings. The summed E-state index contributed by atoms with van der Waals surface area (Å²) in [6, 6.07) is 18.2. The zero-order chi connectivity index (χ0) is 12.6. The van der Waals surface area contributed by atoms with E-state index < -0.39 is 0 Å². The van der Waals surface area contributed by atoms with Crippen LogP contribution in [0.15, 0.2) is 59.1 Å². The SMILES string of the molecule is Brc1ccc(OCCNCc2ccccc2)cc1. The van der Waals surface area contributed by atoms with E-state index in [2.05, 4.69) is 45.5 Å². The summed E-state index contributed by atoms with van der Waals surface area (Å²) in [7, 11) is 0. The molecule has 2 rings (SSSR count). The van der Waals surface area contributed by atoms with Crippen LogP contribution in [0.1, 0.15) is 5.56 Å². The second-order valence-corrected chi connectivity index (χ2v) is 4.88. The summed E-state index contributed by atoms with van der Waals surface area (Å²) < 4.78 is 6.68. The molecule has 2 aromatic carbocycles. The Morgan fingerprint density at radius 2 is 1.67 bits per heavy atom. The third kappa shape index (κ3) is 4.51. The lowest BCUT2D eigenvalue weighted by atomic mass is 10.2. The van der Waals surface area contributed by atoms with Crippen molar-refractivity contribution in [1.29, 1.82) is 0 Å². The van der Waals surface area contributed by atoms with Crippen molar-refractivity contribution in [2.75, 3.05) is 13.2 Å². The van der Waals surface area contributed by atoms with Crippen molar-refractivity contribution in [1.82, 2.24) is 5.32 Å². The quantitative estimate of drug-likeness (QED) is 0.823. The van der Waals surface area contributed by atoms with Crippen LogP contribution >= 0.6 is 15.9 Å². The van der Waals surface area contributed by atoms with Crippen molar-refractivity contribution in [2.45, 2.75) is 6.54 Å². The normalized spacial score (nSPS) is 10.3. The minimum atomic E-state index is 0.675. The monoisotopic (exact) mass is 305 g/mol. The molecule has 94 valence electrons. The van der Waals surface area contributed by atoms with Gasteiger partial charge in [0.05, 0.1) is 0 Å². The fourth-order valence-electron chi connectivity index (χ4n) is 1.60. The highest BCUT2D eigenvalue weighted by Gasteiger charge is 1.94. The van der Waals surface area contributed by atoms with Crippen molar-refractivity contribution in [3.8, 4) is 5.75 Å². The Morgan fingerprint density at radius 1 is 0.944 bits per heavy atom. The zero-order valence-electron chi connectivity index (χ0n) is 10.1. The molecule has 18 heavy (non-hydrogen) atoms. The molecular weight excluding hydrogens is 290 g/mol. The molecule has 0 aromatic heterocycles. The molecule has 2 aromatic rings. The molecule has 0 radical (unpaired) electrons. The fourth-order valence-corrected chi connectivity index (χ4v) is 1.86. The lowest BCUT2D eigenvalue weighted by molar-refractivity contribution is 0.313. The average Bonchev–Trinajstić information content (AvgIpc) is 2.42. The molecule has 3 heteroatoms. The van der Waals surface area contributed by atoms with Gasteiger partial charge in [-0.1, -0.05) is 46.3 Å². The second-order valence-electron chi connectivity index (χ2n) is 3.96. The molecule has 0 heterocycles. The lowest BCUT2D eigenvalue weighted by Crippen LogP contribution is -2.20. The van der Waals surface area contributed by atoms with E-state index >= 15 is 0 Å². The summed E-state index contributed by atoms with van der Waals surface area (Å²) in [5.41, 5.74) is 1.29. The van der Waals surface area contributed by atoms with Gasteiger partial charge in [-0.15, -0.1) is 0 Å². The van der Waals surface area contributed by atoms with E-state index in [0.717, 1.165) is 23.3 Å². The molecular formula is C15H16BrNO. The highest BCUT2D eigenvalue weighted by Crippen LogP contribution is 2.15. The number of benzene rings is 2. The molecule has 0 saturated carbocycles. The maximum Gasteiger partial charge on any atom is 0.119 e. The van der Waals surface area contributed by atoms with Crippen LogP contribution in [-0.2, 0) is 6.54 Å². The predicted octanol–water partition coefficient (Wildman–Crippen LogP) is 3.62. The maximum atomic E-state index is 5.62. The van der Waals surface area contributed by atoms with Gasteiger partial charge < -0.3 is 10.1 Å². The number of hydrogen-bond donors (Lipinski definition) is 1. The summed E-state index contributed by atoms with van der Waals surface area (Å²) >= 11 is 3.40. The van der Waals surface area contributed by atoms with Gasteiger partial charge in [0.15, 0.2) is 0 Å². The highest BCUT2D eigenvalue weighted by atomic mass is 79.9. The van der Waals surface area contributed by atoms with Gasteiger partial charge in [-0.05, 0) is 29.8 Å². The fraction of sp³-hybridized carbons (Fsp3) is 0.200. The average molecular weight is 306 g/mol. The van der Waals surface area contributed by atoms with E-state index in [1.165, 1.54) is 5.56 Å². The van der Waals surface area contributed by atoms with Crippen molar-refractivity contribution >= 4 is 15.9 Å². The van der Waals surface area contributed by atoms with Crippen LogP contribution in [0.25, 0.3) is 0 Å². The Morgan fingerprint density at radius 3 is 2.39 bits per heavy atom. The van der Waals surface area contributed by atoms with Crippen LogP contribution in [-0.4, -0.2) is 13.2 Å². The Hall–Kier alpha value is -1.32. The van der Waals surface area contributed by atoms with E-state index in [-0.39, 0.29) is 0 Å². The molecule has 0 amide bonds. The molecule has 0 atom stereocenters. The molecule has 0 bridgehead atoms. The van der Waals surface area contributed by atoms with Crippen LogP contribution in [0.3, 0.4) is 0 Å². The Balaban J connectivity index is 1.63. The first-order valence-electron chi connectivity index (χ1n) is 5.97. The van der Waals surface area contributed by atoms with E-state index in [0.29, 0.717) is 6.61 Å². The molecule has 0 unspecified atom stereocenters. The second kappa shape index (κ2) is 7.19. The smallest absolute Gasteiger partial charge is 0.119 e. The van der Waals surface area contributed by atoms with E-state index in [1.54, 1.807) is 0 Å². The molecule has 0 saturated heterocycles. The number of hydrogen-bond acceptors (Lipinski definition) is 2.